The summed E-state index contributed by atoms with van der Waals surface area (Å²) in [6, 6.07) is 0. The molecule has 0 spiro atoms. The van der Waals surface area contributed by atoms with E-state index in [1.54, 1.807) is 0 Å². The molecule has 348 valence electrons. The molecule has 0 aromatic rings. The summed E-state index contributed by atoms with van der Waals surface area (Å²) in [6.07, 6.45) is 50.9. The molecule has 0 aliphatic heterocycles. The van der Waals surface area contributed by atoms with Crippen molar-refractivity contribution < 1.29 is 37.6 Å². The number of ether oxygens (including phenoxy) is 2. The maximum Gasteiger partial charge on any atom is 0.472 e. The van der Waals surface area contributed by atoms with Gasteiger partial charge in [-0.1, -0.05) is 199 Å². The van der Waals surface area contributed by atoms with Crippen molar-refractivity contribution in [2.75, 3.05) is 26.4 Å². The van der Waals surface area contributed by atoms with Gasteiger partial charge in [0, 0.05) is 19.4 Å². The van der Waals surface area contributed by atoms with Gasteiger partial charge < -0.3 is 20.1 Å². The van der Waals surface area contributed by atoms with Crippen LogP contribution in [0.3, 0.4) is 0 Å². The first-order chi connectivity index (χ1) is 28.8. The van der Waals surface area contributed by atoms with Gasteiger partial charge in [-0.15, -0.1) is 0 Å². The van der Waals surface area contributed by atoms with E-state index in [-0.39, 0.29) is 32.6 Å². The number of hydrogen-bond donors (Lipinski definition) is 2. The number of rotatable bonds is 47. The van der Waals surface area contributed by atoms with Gasteiger partial charge in [0.05, 0.1) is 13.2 Å². The van der Waals surface area contributed by atoms with E-state index >= 15 is 0 Å². The highest BCUT2D eigenvalue weighted by Gasteiger charge is 2.26. The van der Waals surface area contributed by atoms with Gasteiger partial charge in [0.1, 0.15) is 6.61 Å². The molecule has 0 aromatic heterocycles. The van der Waals surface area contributed by atoms with Gasteiger partial charge in [-0.3, -0.25) is 18.6 Å². The van der Waals surface area contributed by atoms with E-state index in [2.05, 4.69) is 38.2 Å². The van der Waals surface area contributed by atoms with Crippen LogP contribution in [0, 0.1) is 0 Å². The average Bonchev–Trinajstić information content (AvgIpc) is 3.22. The fraction of sp³-hybridized carbons (Fsp3) is 0.878. The molecule has 0 bridgehead atoms. The number of carbonyl (C=O) groups is 2. The van der Waals surface area contributed by atoms with E-state index in [1.807, 2.05) is 0 Å². The van der Waals surface area contributed by atoms with Gasteiger partial charge in [0.2, 0.25) is 0 Å². The lowest BCUT2D eigenvalue weighted by Crippen LogP contribution is -2.29. The second-order valence-electron chi connectivity index (χ2n) is 16.7. The van der Waals surface area contributed by atoms with Crippen LogP contribution < -0.4 is 5.73 Å². The highest BCUT2D eigenvalue weighted by molar-refractivity contribution is 7.47. The summed E-state index contributed by atoms with van der Waals surface area (Å²) in [5, 5.41) is 0. The van der Waals surface area contributed by atoms with Gasteiger partial charge in [-0.05, 0) is 57.8 Å². The molecule has 0 aliphatic carbocycles. The van der Waals surface area contributed by atoms with Gasteiger partial charge >= 0.3 is 19.8 Å². The first-order valence-electron chi connectivity index (χ1n) is 24.8. The van der Waals surface area contributed by atoms with Gasteiger partial charge in [-0.25, -0.2) is 4.57 Å². The fourth-order valence-corrected chi connectivity index (χ4v) is 7.87. The van der Waals surface area contributed by atoms with Crippen LogP contribution in [-0.2, 0) is 32.7 Å². The van der Waals surface area contributed by atoms with Crippen molar-refractivity contribution in [2.45, 2.75) is 251 Å². The summed E-state index contributed by atoms with van der Waals surface area (Å²) in [7, 11) is -4.39. The standard InChI is InChI=1S/C49H94NO8P/c1-3-5-7-9-11-13-15-17-19-20-21-22-23-24-25-26-28-29-31-33-35-37-39-41-48(51)55-45-47(46-57-59(53,54)56-44-43-50)58-49(52)42-40-38-36-34-32-30-27-18-16-14-12-10-8-6-4-2/h30,32-33,35,47H,3-29,31,34,36-46,50H2,1-2H3,(H,53,54)/b32-30+,35-33+/t47-/m0/s1. The van der Waals surface area contributed by atoms with Crippen molar-refractivity contribution in [1.82, 2.24) is 0 Å². The van der Waals surface area contributed by atoms with Crippen molar-refractivity contribution in [3.8, 4) is 0 Å². The lowest BCUT2D eigenvalue weighted by Gasteiger charge is -2.19. The minimum absolute atomic E-state index is 0.0494. The molecule has 0 fully saturated rings. The molecule has 59 heavy (non-hydrogen) atoms. The first kappa shape index (κ1) is 57.5. The highest BCUT2D eigenvalue weighted by atomic mass is 31.2. The predicted molar refractivity (Wildman–Crippen MR) is 247 cm³/mol. The van der Waals surface area contributed by atoms with Crippen LogP contribution in [0.25, 0.3) is 0 Å². The van der Waals surface area contributed by atoms with Crippen molar-refractivity contribution in [1.29, 1.82) is 0 Å². The molecule has 0 rings (SSSR count). The van der Waals surface area contributed by atoms with E-state index in [4.69, 9.17) is 24.3 Å². The summed E-state index contributed by atoms with van der Waals surface area (Å²) in [5.41, 5.74) is 5.36. The molecule has 3 N–H and O–H groups in total. The lowest BCUT2D eigenvalue weighted by atomic mass is 10.0. The summed E-state index contributed by atoms with van der Waals surface area (Å²) < 4.78 is 32.8. The summed E-state index contributed by atoms with van der Waals surface area (Å²) in [6.45, 7) is 3.72. The third kappa shape index (κ3) is 45.8. The topological polar surface area (TPSA) is 134 Å². The second kappa shape index (κ2) is 46.0. The van der Waals surface area contributed by atoms with Crippen LogP contribution in [0.2, 0.25) is 0 Å². The molecule has 0 aliphatic rings. The smallest absolute Gasteiger partial charge is 0.462 e. The van der Waals surface area contributed by atoms with E-state index in [9.17, 15) is 19.0 Å². The number of hydrogen-bond acceptors (Lipinski definition) is 8. The second-order valence-corrected chi connectivity index (χ2v) is 18.1. The summed E-state index contributed by atoms with van der Waals surface area (Å²) >= 11 is 0. The Hall–Kier alpha value is -1.51. The zero-order valence-corrected chi connectivity index (χ0v) is 39.4. The Morgan fingerprint density at radius 3 is 1.25 bits per heavy atom. The maximum atomic E-state index is 12.6. The Morgan fingerprint density at radius 1 is 0.492 bits per heavy atom. The van der Waals surface area contributed by atoms with Crippen molar-refractivity contribution >= 4 is 19.8 Å². The maximum absolute atomic E-state index is 12.6. The number of allylic oxidation sites excluding steroid dienone is 4. The van der Waals surface area contributed by atoms with Crippen LogP contribution in [0.5, 0.6) is 0 Å². The Labute approximate surface area is 363 Å². The average molecular weight is 856 g/mol. The SMILES string of the molecule is CCCCCCCCCC/C=C/CCCCCC(=O)O[C@@H](COC(=O)CCC/C=C/CCCCCCCCCCCCCCCCCCCC)COP(=O)(O)OCCN. The summed E-state index contributed by atoms with van der Waals surface area (Å²) in [4.78, 5) is 34.9. The van der Waals surface area contributed by atoms with Crippen LogP contribution in [0.1, 0.15) is 245 Å². The minimum Gasteiger partial charge on any atom is -0.462 e. The molecule has 0 amide bonds. The normalized spacial score (nSPS) is 13.4. The van der Waals surface area contributed by atoms with Crippen LogP contribution >= 0.6 is 7.82 Å². The molecule has 2 atom stereocenters. The Kier molecular flexibility index (Phi) is 44.8. The number of unbranched alkanes of at least 4 members (excludes halogenated alkanes) is 30. The molecule has 0 saturated carbocycles. The third-order valence-corrected chi connectivity index (χ3v) is 11.8. The third-order valence-electron chi connectivity index (χ3n) is 10.8. The number of carbonyl (C=O) groups excluding carboxylic acids is 2. The molecule has 0 aromatic carbocycles. The molecule has 0 saturated heterocycles. The summed E-state index contributed by atoms with van der Waals surface area (Å²) in [5.74, 6) is -0.875. The zero-order valence-electron chi connectivity index (χ0n) is 38.5. The van der Waals surface area contributed by atoms with Gasteiger partial charge in [0.15, 0.2) is 6.10 Å². The highest BCUT2D eigenvalue weighted by Crippen LogP contribution is 2.43. The molecular weight excluding hydrogens is 762 g/mol. The molecule has 0 radical (unpaired) electrons. The zero-order chi connectivity index (χ0) is 43.2. The van der Waals surface area contributed by atoms with Gasteiger partial charge in [-0.2, -0.15) is 0 Å². The predicted octanol–water partition coefficient (Wildman–Crippen LogP) is 14.7. The monoisotopic (exact) mass is 856 g/mol. The number of esters is 2. The molecule has 0 heterocycles. The molecule has 9 nitrogen and oxygen atoms in total. The van der Waals surface area contributed by atoms with Gasteiger partial charge in [0.25, 0.3) is 0 Å². The number of nitrogens with two attached hydrogens (primary N) is 1. The van der Waals surface area contributed by atoms with E-state index in [1.165, 1.54) is 167 Å². The van der Waals surface area contributed by atoms with E-state index in [0.29, 0.717) is 12.8 Å². The van der Waals surface area contributed by atoms with E-state index in [0.717, 1.165) is 38.5 Å². The lowest BCUT2D eigenvalue weighted by molar-refractivity contribution is -0.161. The van der Waals surface area contributed by atoms with E-state index < -0.39 is 32.5 Å². The Bertz CT molecular complexity index is 1020. The molecule has 10 heteroatoms. The van der Waals surface area contributed by atoms with Crippen LogP contribution in [-0.4, -0.2) is 49.3 Å². The Balaban J connectivity index is 4.05. The van der Waals surface area contributed by atoms with Crippen LogP contribution in [0.15, 0.2) is 24.3 Å². The minimum atomic E-state index is -4.39. The largest absolute Gasteiger partial charge is 0.472 e. The number of phosphoric ester groups is 1. The quantitative estimate of drug-likeness (QED) is 0.0265. The van der Waals surface area contributed by atoms with Crippen LogP contribution in [0.4, 0.5) is 0 Å². The Morgan fingerprint density at radius 2 is 0.847 bits per heavy atom. The van der Waals surface area contributed by atoms with Crippen molar-refractivity contribution in [3.63, 3.8) is 0 Å². The number of phosphoric acid groups is 1. The molecule has 1 unspecified atom stereocenters. The first-order valence-corrected chi connectivity index (χ1v) is 26.3. The van der Waals surface area contributed by atoms with Crippen molar-refractivity contribution in [2.24, 2.45) is 5.73 Å². The van der Waals surface area contributed by atoms with Crippen molar-refractivity contribution in [3.05, 3.63) is 24.3 Å². The fourth-order valence-electron chi connectivity index (χ4n) is 7.11. The molecular formula is C49H94NO8P.